The van der Waals surface area contributed by atoms with Crippen LogP contribution in [-0.4, -0.2) is 11.4 Å². The van der Waals surface area contributed by atoms with Crippen molar-refractivity contribution < 1.29 is 4.79 Å². The first-order chi connectivity index (χ1) is 5.49. The zero-order chi connectivity index (χ0) is 9.19. The van der Waals surface area contributed by atoms with Gasteiger partial charge in [-0.25, -0.2) is 0 Å². The molecule has 0 aliphatic heterocycles. The van der Waals surface area contributed by atoms with E-state index >= 15 is 0 Å². The lowest BCUT2D eigenvalue weighted by molar-refractivity contribution is -0.119. The van der Waals surface area contributed by atoms with Crippen molar-refractivity contribution in [3.05, 3.63) is 0 Å². The SMILES string of the molecule is CC(N)(CC(N)=O)CC1CCC1. The lowest BCUT2D eigenvalue weighted by atomic mass is 9.76. The molecule has 1 rings (SSSR count). The monoisotopic (exact) mass is 170 g/mol. The first-order valence-corrected chi connectivity index (χ1v) is 4.57. The summed E-state index contributed by atoms with van der Waals surface area (Å²) in [5, 5.41) is 0. The van der Waals surface area contributed by atoms with Gasteiger partial charge in [0.05, 0.1) is 0 Å². The van der Waals surface area contributed by atoms with Crippen LogP contribution in [0.2, 0.25) is 0 Å². The molecule has 0 saturated heterocycles. The Bertz CT molecular complexity index is 173. The third-order valence-corrected chi connectivity index (χ3v) is 2.56. The maximum atomic E-state index is 10.6. The summed E-state index contributed by atoms with van der Waals surface area (Å²) in [6.45, 7) is 1.91. The molecule has 1 fully saturated rings. The summed E-state index contributed by atoms with van der Waals surface area (Å²) < 4.78 is 0. The highest BCUT2D eigenvalue weighted by molar-refractivity contribution is 5.75. The summed E-state index contributed by atoms with van der Waals surface area (Å²) in [4.78, 5) is 10.6. The quantitative estimate of drug-likeness (QED) is 0.654. The van der Waals surface area contributed by atoms with Crippen LogP contribution < -0.4 is 11.5 Å². The van der Waals surface area contributed by atoms with Crippen molar-refractivity contribution in [2.24, 2.45) is 17.4 Å². The second-order valence-corrected chi connectivity index (χ2v) is 4.30. The third kappa shape index (κ3) is 2.81. The van der Waals surface area contributed by atoms with E-state index in [-0.39, 0.29) is 11.4 Å². The molecule has 70 valence electrons. The van der Waals surface area contributed by atoms with Gasteiger partial charge in [0.15, 0.2) is 0 Å². The standard InChI is InChI=1S/C9H18N2O/c1-9(11,6-8(10)12)5-7-3-2-4-7/h7H,2-6,11H2,1H3,(H2,10,12). The van der Waals surface area contributed by atoms with Gasteiger partial charge in [-0.2, -0.15) is 0 Å². The number of primary amides is 1. The average Bonchev–Trinajstić information content (AvgIpc) is 1.76. The highest BCUT2D eigenvalue weighted by atomic mass is 16.1. The number of carbonyl (C=O) groups is 1. The molecule has 0 bridgehead atoms. The fraction of sp³-hybridized carbons (Fsp3) is 0.889. The lowest BCUT2D eigenvalue weighted by Crippen LogP contribution is -2.43. The van der Waals surface area contributed by atoms with Crippen LogP contribution in [0.25, 0.3) is 0 Å². The maximum Gasteiger partial charge on any atom is 0.219 e. The molecule has 12 heavy (non-hydrogen) atoms. The molecule has 3 nitrogen and oxygen atoms in total. The van der Waals surface area contributed by atoms with Crippen molar-refractivity contribution >= 4 is 5.91 Å². The Labute approximate surface area is 73.5 Å². The molecule has 0 spiro atoms. The van der Waals surface area contributed by atoms with Crippen LogP contribution in [0, 0.1) is 5.92 Å². The molecule has 1 aliphatic carbocycles. The molecule has 0 aromatic rings. The Morgan fingerprint density at radius 1 is 1.58 bits per heavy atom. The lowest BCUT2D eigenvalue weighted by Gasteiger charge is -2.33. The topological polar surface area (TPSA) is 69.1 Å². The first-order valence-electron chi connectivity index (χ1n) is 4.57. The molecule has 0 aromatic carbocycles. The summed E-state index contributed by atoms with van der Waals surface area (Å²) in [5.41, 5.74) is 10.6. The molecule has 0 aromatic heterocycles. The van der Waals surface area contributed by atoms with E-state index in [0.717, 1.165) is 12.3 Å². The number of rotatable bonds is 4. The Balaban J connectivity index is 2.30. The summed E-state index contributed by atoms with van der Waals surface area (Å²) in [6.07, 6.45) is 5.11. The molecule has 0 radical (unpaired) electrons. The number of nitrogens with two attached hydrogens (primary N) is 2. The van der Waals surface area contributed by atoms with Crippen LogP contribution in [0.3, 0.4) is 0 Å². The minimum absolute atomic E-state index is 0.292. The second kappa shape index (κ2) is 3.44. The van der Waals surface area contributed by atoms with Gasteiger partial charge < -0.3 is 11.5 Å². The van der Waals surface area contributed by atoms with Crippen LogP contribution in [0.15, 0.2) is 0 Å². The Hall–Kier alpha value is -0.570. The van der Waals surface area contributed by atoms with Crippen LogP contribution in [0.5, 0.6) is 0 Å². The van der Waals surface area contributed by atoms with Gasteiger partial charge in [0.1, 0.15) is 0 Å². The first kappa shape index (κ1) is 9.52. The Morgan fingerprint density at radius 3 is 2.50 bits per heavy atom. The number of amides is 1. The van der Waals surface area contributed by atoms with E-state index in [2.05, 4.69) is 0 Å². The molecular formula is C9H18N2O. The van der Waals surface area contributed by atoms with E-state index in [4.69, 9.17) is 11.5 Å². The molecular weight excluding hydrogens is 152 g/mol. The minimum atomic E-state index is -0.378. The molecule has 1 atom stereocenters. The van der Waals surface area contributed by atoms with Crippen molar-refractivity contribution in [3.8, 4) is 0 Å². The molecule has 0 heterocycles. The van der Waals surface area contributed by atoms with Gasteiger partial charge in [0, 0.05) is 12.0 Å². The fourth-order valence-electron chi connectivity index (χ4n) is 1.83. The smallest absolute Gasteiger partial charge is 0.219 e. The van der Waals surface area contributed by atoms with Crippen molar-refractivity contribution in [2.45, 2.75) is 44.6 Å². The Morgan fingerprint density at radius 2 is 2.17 bits per heavy atom. The van der Waals surface area contributed by atoms with E-state index in [1.807, 2.05) is 6.92 Å². The maximum absolute atomic E-state index is 10.6. The van der Waals surface area contributed by atoms with Gasteiger partial charge in [-0.15, -0.1) is 0 Å². The molecule has 1 unspecified atom stereocenters. The van der Waals surface area contributed by atoms with Gasteiger partial charge in [-0.1, -0.05) is 19.3 Å². The molecule has 1 aliphatic rings. The highest BCUT2D eigenvalue weighted by Gasteiger charge is 2.28. The summed E-state index contributed by atoms with van der Waals surface area (Å²) in [7, 11) is 0. The van der Waals surface area contributed by atoms with E-state index < -0.39 is 0 Å². The van der Waals surface area contributed by atoms with Crippen molar-refractivity contribution in [1.29, 1.82) is 0 Å². The predicted octanol–water partition coefficient (Wildman–Crippen LogP) is 0.769. The molecule has 4 N–H and O–H groups in total. The van der Waals surface area contributed by atoms with Gasteiger partial charge in [0.2, 0.25) is 5.91 Å². The van der Waals surface area contributed by atoms with Gasteiger partial charge in [-0.3, -0.25) is 4.79 Å². The molecule has 1 saturated carbocycles. The van der Waals surface area contributed by atoms with E-state index in [1.54, 1.807) is 0 Å². The second-order valence-electron chi connectivity index (χ2n) is 4.30. The predicted molar refractivity (Wildman–Crippen MR) is 48.4 cm³/mol. The van der Waals surface area contributed by atoms with Gasteiger partial charge >= 0.3 is 0 Å². The number of hydrogen-bond acceptors (Lipinski definition) is 2. The van der Waals surface area contributed by atoms with E-state index in [1.165, 1.54) is 19.3 Å². The summed E-state index contributed by atoms with van der Waals surface area (Å²) >= 11 is 0. The van der Waals surface area contributed by atoms with E-state index in [9.17, 15) is 4.79 Å². The third-order valence-electron chi connectivity index (χ3n) is 2.56. The van der Waals surface area contributed by atoms with Crippen LogP contribution >= 0.6 is 0 Å². The van der Waals surface area contributed by atoms with Crippen LogP contribution in [0.1, 0.15) is 39.0 Å². The van der Waals surface area contributed by atoms with E-state index in [0.29, 0.717) is 6.42 Å². The summed E-state index contributed by atoms with van der Waals surface area (Å²) in [6, 6.07) is 0. The number of carbonyl (C=O) groups excluding carboxylic acids is 1. The molecule has 3 heteroatoms. The molecule has 1 amide bonds. The largest absolute Gasteiger partial charge is 0.370 e. The zero-order valence-corrected chi connectivity index (χ0v) is 7.68. The highest BCUT2D eigenvalue weighted by Crippen LogP contribution is 2.33. The zero-order valence-electron chi connectivity index (χ0n) is 7.68. The number of hydrogen-bond donors (Lipinski definition) is 2. The van der Waals surface area contributed by atoms with Crippen molar-refractivity contribution in [2.75, 3.05) is 0 Å². The Kier molecular flexibility index (Phi) is 2.73. The average molecular weight is 170 g/mol. The van der Waals surface area contributed by atoms with Crippen molar-refractivity contribution in [1.82, 2.24) is 0 Å². The normalized spacial score (nSPS) is 22.8. The fourth-order valence-corrected chi connectivity index (χ4v) is 1.83. The minimum Gasteiger partial charge on any atom is -0.370 e. The van der Waals surface area contributed by atoms with Crippen LogP contribution in [0.4, 0.5) is 0 Å². The van der Waals surface area contributed by atoms with Crippen molar-refractivity contribution in [3.63, 3.8) is 0 Å². The van der Waals surface area contributed by atoms with Crippen LogP contribution in [-0.2, 0) is 4.79 Å². The van der Waals surface area contributed by atoms with Gasteiger partial charge in [-0.05, 0) is 19.3 Å². The summed E-state index contributed by atoms with van der Waals surface area (Å²) in [5.74, 6) is 0.443. The van der Waals surface area contributed by atoms with Gasteiger partial charge in [0.25, 0.3) is 0 Å².